The first kappa shape index (κ1) is 20.3. The van der Waals surface area contributed by atoms with E-state index in [1.165, 1.54) is 4.68 Å². The number of aryl methyl sites for hydroxylation is 1. The standard InChI is InChI=1S/C14H15ClF2N6O4/c1-3-23-13(20-21-22-23)19-11(24)7-5-6-8(27-12(16)17)10(9(7)15)18-14(25)26-4-2/h5-6,12H,3-4H2,1-2H3,(H,18,25)(H,19,20,22,24). The lowest BCUT2D eigenvalue weighted by atomic mass is 10.1. The summed E-state index contributed by atoms with van der Waals surface area (Å²) in [5.74, 6) is -1.09. The van der Waals surface area contributed by atoms with Crippen LogP contribution in [0.15, 0.2) is 12.1 Å². The molecular formula is C14H15ClF2N6O4. The van der Waals surface area contributed by atoms with Crippen molar-refractivity contribution in [1.82, 2.24) is 20.2 Å². The Morgan fingerprint density at radius 2 is 2.04 bits per heavy atom. The van der Waals surface area contributed by atoms with Crippen molar-refractivity contribution in [3.8, 4) is 5.75 Å². The smallest absolute Gasteiger partial charge is 0.411 e. The van der Waals surface area contributed by atoms with Crippen LogP contribution in [0.2, 0.25) is 5.02 Å². The summed E-state index contributed by atoms with van der Waals surface area (Å²) in [6.07, 6.45) is -0.953. The van der Waals surface area contributed by atoms with Crippen LogP contribution in [-0.2, 0) is 11.3 Å². The van der Waals surface area contributed by atoms with Gasteiger partial charge in [-0.25, -0.2) is 9.48 Å². The Morgan fingerprint density at radius 1 is 1.30 bits per heavy atom. The molecule has 27 heavy (non-hydrogen) atoms. The molecule has 146 valence electrons. The van der Waals surface area contributed by atoms with Crippen LogP contribution in [0, 0.1) is 0 Å². The fourth-order valence-corrected chi connectivity index (χ4v) is 2.28. The Kier molecular flexibility index (Phi) is 6.82. The van der Waals surface area contributed by atoms with Gasteiger partial charge < -0.3 is 9.47 Å². The SMILES string of the molecule is CCOC(=O)Nc1c(OC(F)F)ccc(C(=O)Nc2nnnn2CC)c1Cl. The average molecular weight is 405 g/mol. The molecule has 1 heterocycles. The van der Waals surface area contributed by atoms with Gasteiger partial charge in [0, 0.05) is 6.54 Å². The van der Waals surface area contributed by atoms with Gasteiger partial charge in [-0.15, -0.1) is 0 Å². The summed E-state index contributed by atoms with van der Waals surface area (Å²) in [5.41, 5.74) is -0.464. The zero-order chi connectivity index (χ0) is 20.0. The Hall–Kier alpha value is -3.02. The predicted molar refractivity (Wildman–Crippen MR) is 90.2 cm³/mol. The van der Waals surface area contributed by atoms with Gasteiger partial charge in [0.15, 0.2) is 5.75 Å². The molecule has 2 rings (SSSR count). The van der Waals surface area contributed by atoms with E-state index in [1.54, 1.807) is 13.8 Å². The van der Waals surface area contributed by atoms with Crippen LogP contribution in [0.4, 0.5) is 25.2 Å². The number of tetrazole rings is 1. The summed E-state index contributed by atoms with van der Waals surface area (Å²) < 4.78 is 35.5. The second kappa shape index (κ2) is 9.07. The highest BCUT2D eigenvalue weighted by Gasteiger charge is 2.22. The Balaban J connectivity index is 2.36. The van der Waals surface area contributed by atoms with Crippen LogP contribution in [0.1, 0.15) is 24.2 Å². The van der Waals surface area contributed by atoms with Crippen LogP contribution in [0.25, 0.3) is 0 Å². The molecule has 0 atom stereocenters. The maximum absolute atomic E-state index is 12.6. The minimum Gasteiger partial charge on any atom is -0.450 e. The fourth-order valence-electron chi connectivity index (χ4n) is 1.99. The summed E-state index contributed by atoms with van der Waals surface area (Å²) in [5, 5.41) is 15.0. The lowest BCUT2D eigenvalue weighted by Gasteiger charge is -2.15. The first-order valence-electron chi connectivity index (χ1n) is 7.65. The van der Waals surface area contributed by atoms with Gasteiger partial charge in [-0.05, 0) is 36.4 Å². The maximum atomic E-state index is 12.6. The number of rotatable bonds is 7. The van der Waals surface area contributed by atoms with E-state index in [9.17, 15) is 18.4 Å². The number of carbonyl (C=O) groups excluding carboxylic acids is 2. The Bertz CT molecular complexity index is 832. The Labute approximate surface area is 156 Å². The second-order valence-electron chi connectivity index (χ2n) is 4.80. The average Bonchev–Trinajstić information content (AvgIpc) is 3.05. The summed E-state index contributed by atoms with van der Waals surface area (Å²) in [6.45, 7) is 0.579. The van der Waals surface area contributed by atoms with E-state index in [1.807, 2.05) is 0 Å². The lowest BCUT2D eigenvalue weighted by Crippen LogP contribution is -2.19. The normalized spacial score (nSPS) is 10.6. The van der Waals surface area contributed by atoms with Crippen LogP contribution in [0.3, 0.4) is 0 Å². The van der Waals surface area contributed by atoms with Crippen LogP contribution < -0.4 is 15.4 Å². The van der Waals surface area contributed by atoms with Crippen molar-refractivity contribution in [3.05, 3.63) is 22.7 Å². The number of amides is 2. The van der Waals surface area contributed by atoms with E-state index in [4.69, 9.17) is 16.3 Å². The third-order valence-corrected chi connectivity index (χ3v) is 3.52. The highest BCUT2D eigenvalue weighted by molar-refractivity contribution is 6.37. The number of hydrogen-bond acceptors (Lipinski definition) is 7. The number of halogens is 3. The van der Waals surface area contributed by atoms with Gasteiger partial charge in [0.2, 0.25) is 5.95 Å². The molecule has 13 heteroatoms. The highest BCUT2D eigenvalue weighted by Crippen LogP contribution is 2.36. The number of nitrogens with zero attached hydrogens (tertiary/aromatic N) is 4. The van der Waals surface area contributed by atoms with Crippen molar-refractivity contribution >= 4 is 35.2 Å². The molecular weight excluding hydrogens is 390 g/mol. The van der Waals surface area contributed by atoms with Gasteiger partial charge in [0.05, 0.1) is 17.2 Å². The number of anilines is 2. The molecule has 2 N–H and O–H groups in total. The van der Waals surface area contributed by atoms with Gasteiger partial charge in [-0.2, -0.15) is 8.78 Å². The molecule has 0 aliphatic heterocycles. The van der Waals surface area contributed by atoms with Gasteiger partial charge in [-0.3, -0.25) is 15.4 Å². The summed E-state index contributed by atoms with van der Waals surface area (Å²) in [7, 11) is 0. The number of ether oxygens (including phenoxy) is 2. The van der Waals surface area contributed by atoms with Crippen molar-refractivity contribution in [2.45, 2.75) is 27.0 Å². The van der Waals surface area contributed by atoms with Crippen LogP contribution in [0.5, 0.6) is 5.75 Å². The van der Waals surface area contributed by atoms with Crippen molar-refractivity contribution in [2.75, 3.05) is 17.2 Å². The predicted octanol–water partition coefficient (Wildman–Crippen LogP) is 2.77. The third kappa shape index (κ3) is 5.00. The van der Waals surface area contributed by atoms with Gasteiger partial charge in [-0.1, -0.05) is 16.7 Å². The number of alkyl halides is 2. The number of aromatic nitrogens is 4. The Morgan fingerprint density at radius 3 is 2.67 bits per heavy atom. The largest absolute Gasteiger partial charge is 0.450 e. The monoisotopic (exact) mass is 404 g/mol. The van der Waals surface area contributed by atoms with Gasteiger partial charge in [0.1, 0.15) is 5.69 Å². The molecule has 0 bridgehead atoms. The molecule has 0 spiro atoms. The minimum atomic E-state index is -3.17. The number of carbonyl (C=O) groups is 2. The topological polar surface area (TPSA) is 120 Å². The molecule has 0 fully saturated rings. The molecule has 0 saturated heterocycles. The first-order valence-corrected chi connectivity index (χ1v) is 8.03. The van der Waals surface area contributed by atoms with Crippen molar-refractivity contribution in [2.24, 2.45) is 0 Å². The molecule has 0 aliphatic carbocycles. The summed E-state index contributed by atoms with van der Waals surface area (Å²) in [4.78, 5) is 24.1. The van der Waals surface area contributed by atoms with E-state index in [-0.39, 0.29) is 28.8 Å². The quantitative estimate of drug-likeness (QED) is 0.727. The second-order valence-corrected chi connectivity index (χ2v) is 5.17. The number of nitrogens with one attached hydrogen (secondary N) is 2. The third-order valence-electron chi connectivity index (χ3n) is 3.12. The molecule has 10 nitrogen and oxygen atoms in total. The summed E-state index contributed by atoms with van der Waals surface area (Å²) in [6, 6.07) is 2.23. The molecule has 0 unspecified atom stereocenters. The molecule has 2 aromatic rings. The molecule has 1 aromatic carbocycles. The van der Waals surface area contributed by atoms with E-state index in [2.05, 4.69) is 30.9 Å². The first-order chi connectivity index (χ1) is 12.9. The zero-order valence-corrected chi connectivity index (χ0v) is 15.0. The number of benzene rings is 1. The zero-order valence-electron chi connectivity index (χ0n) is 14.2. The van der Waals surface area contributed by atoms with Crippen LogP contribution >= 0.6 is 11.6 Å². The fraction of sp³-hybridized carbons (Fsp3) is 0.357. The van der Waals surface area contributed by atoms with Gasteiger partial charge >= 0.3 is 12.7 Å². The van der Waals surface area contributed by atoms with Crippen molar-refractivity contribution in [1.29, 1.82) is 0 Å². The number of hydrogen-bond donors (Lipinski definition) is 2. The molecule has 0 aliphatic rings. The van der Waals surface area contributed by atoms with E-state index in [0.29, 0.717) is 6.54 Å². The summed E-state index contributed by atoms with van der Waals surface area (Å²) >= 11 is 6.14. The van der Waals surface area contributed by atoms with Crippen molar-refractivity contribution in [3.63, 3.8) is 0 Å². The van der Waals surface area contributed by atoms with Gasteiger partial charge in [0.25, 0.3) is 5.91 Å². The highest BCUT2D eigenvalue weighted by atomic mass is 35.5. The van der Waals surface area contributed by atoms with E-state index >= 15 is 0 Å². The minimum absolute atomic E-state index is 0.0361. The van der Waals surface area contributed by atoms with E-state index in [0.717, 1.165) is 12.1 Å². The maximum Gasteiger partial charge on any atom is 0.411 e. The van der Waals surface area contributed by atoms with E-state index < -0.39 is 24.4 Å². The molecule has 1 aromatic heterocycles. The molecule has 2 amide bonds. The molecule has 0 radical (unpaired) electrons. The lowest BCUT2D eigenvalue weighted by molar-refractivity contribution is -0.0493. The van der Waals surface area contributed by atoms with Crippen molar-refractivity contribution < 1.29 is 27.8 Å². The van der Waals surface area contributed by atoms with Crippen LogP contribution in [-0.4, -0.2) is 45.4 Å². The molecule has 0 saturated carbocycles.